The van der Waals surface area contributed by atoms with Gasteiger partial charge in [0.1, 0.15) is 11.9 Å². The number of anilines is 2. The second-order valence-electron chi connectivity index (χ2n) is 7.72. The van der Waals surface area contributed by atoms with E-state index in [0.717, 1.165) is 25.2 Å². The highest BCUT2D eigenvalue weighted by molar-refractivity contribution is 6.42. The molecule has 2 aliphatic heterocycles. The molecule has 3 heterocycles. The second kappa shape index (κ2) is 9.23. The molecular weight excluding hydrogens is 423 g/mol. The fourth-order valence-corrected chi connectivity index (χ4v) is 4.38. The minimum atomic E-state index is -0.532. The quantitative estimate of drug-likeness (QED) is 0.743. The lowest BCUT2D eigenvalue weighted by Gasteiger charge is -2.28. The Morgan fingerprint density at radius 2 is 1.77 bits per heavy atom. The number of pyridine rings is 1. The number of piperidine rings is 1. The van der Waals surface area contributed by atoms with E-state index in [-0.39, 0.29) is 11.8 Å². The van der Waals surface area contributed by atoms with Gasteiger partial charge in [-0.2, -0.15) is 0 Å². The Bertz CT molecular complexity index is 929. The Morgan fingerprint density at radius 1 is 0.967 bits per heavy atom. The first kappa shape index (κ1) is 20.9. The van der Waals surface area contributed by atoms with Crippen LogP contribution in [0.4, 0.5) is 11.5 Å². The van der Waals surface area contributed by atoms with Crippen LogP contribution in [0.25, 0.3) is 0 Å². The summed E-state index contributed by atoms with van der Waals surface area (Å²) in [6.45, 7) is 2.61. The van der Waals surface area contributed by atoms with Crippen LogP contribution < -0.4 is 10.2 Å². The molecule has 0 aliphatic carbocycles. The fourth-order valence-electron chi connectivity index (χ4n) is 4.09. The third kappa shape index (κ3) is 4.55. The molecule has 2 aromatic rings. The van der Waals surface area contributed by atoms with Crippen LogP contribution in [0.15, 0.2) is 36.5 Å². The summed E-state index contributed by atoms with van der Waals surface area (Å²) in [5.41, 5.74) is 1.50. The Morgan fingerprint density at radius 3 is 2.47 bits per heavy atom. The minimum Gasteiger partial charge on any atom is -0.370 e. The molecule has 0 radical (unpaired) electrons. The maximum absolute atomic E-state index is 12.9. The summed E-state index contributed by atoms with van der Waals surface area (Å²) in [6, 6.07) is 8.04. The van der Waals surface area contributed by atoms with E-state index in [9.17, 15) is 9.59 Å². The Kier molecular flexibility index (Phi) is 6.44. The number of aromatic nitrogens is 1. The topological polar surface area (TPSA) is 65.5 Å². The maximum Gasteiger partial charge on any atom is 0.254 e. The number of halogens is 2. The third-order valence-electron chi connectivity index (χ3n) is 5.70. The van der Waals surface area contributed by atoms with Gasteiger partial charge >= 0.3 is 0 Å². The molecule has 158 valence electrons. The van der Waals surface area contributed by atoms with Crippen molar-refractivity contribution in [3.63, 3.8) is 0 Å². The summed E-state index contributed by atoms with van der Waals surface area (Å²) in [4.78, 5) is 34.1. The molecular formula is C22H24Cl2N4O2. The summed E-state index contributed by atoms with van der Waals surface area (Å²) in [5, 5.41) is 3.57. The highest BCUT2D eigenvalue weighted by Crippen LogP contribution is 2.26. The molecule has 2 saturated heterocycles. The van der Waals surface area contributed by atoms with Gasteiger partial charge in [-0.25, -0.2) is 4.98 Å². The zero-order valence-electron chi connectivity index (χ0n) is 16.6. The molecule has 1 aromatic heterocycles. The van der Waals surface area contributed by atoms with Crippen molar-refractivity contribution in [2.24, 2.45) is 0 Å². The standard InChI is InChI=1S/C22H24Cl2N4O2/c23-17-8-6-15(13-18(17)24)22(30)28-12-4-5-19(28)21(29)26-20-9-7-16(14-25-20)27-10-2-1-3-11-27/h6-9,13-14,19H,1-5,10-12H2,(H,25,26,29). The molecule has 30 heavy (non-hydrogen) atoms. The van der Waals surface area contributed by atoms with Crippen LogP contribution in [0.5, 0.6) is 0 Å². The molecule has 6 nitrogen and oxygen atoms in total. The maximum atomic E-state index is 12.9. The lowest BCUT2D eigenvalue weighted by Crippen LogP contribution is -2.43. The molecule has 1 atom stereocenters. The molecule has 0 spiro atoms. The number of carbonyl (C=O) groups is 2. The van der Waals surface area contributed by atoms with E-state index in [1.54, 1.807) is 29.3 Å². The summed E-state index contributed by atoms with van der Waals surface area (Å²) < 4.78 is 0. The molecule has 1 N–H and O–H groups in total. The van der Waals surface area contributed by atoms with E-state index in [0.29, 0.717) is 34.4 Å². The van der Waals surface area contributed by atoms with Crippen molar-refractivity contribution in [2.75, 3.05) is 29.9 Å². The molecule has 2 aliphatic rings. The predicted octanol–water partition coefficient (Wildman–Crippen LogP) is 4.62. The second-order valence-corrected chi connectivity index (χ2v) is 8.54. The van der Waals surface area contributed by atoms with Gasteiger partial charge in [-0.05, 0) is 62.4 Å². The van der Waals surface area contributed by atoms with Gasteiger partial charge in [0, 0.05) is 25.2 Å². The zero-order chi connectivity index (χ0) is 21.1. The summed E-state index contributed by atoms with van der Waals surface area (Å²) in [7, 11) is 0. The first-order valence-corrected chi connectivity index (χ1v) is 11.1. The van der Waals surface area contributed by atoms with Crippen molar-refractivity contribution < 1.29 is 9.59 Å². The van der Waals surface area contributed by atoms with Gasteiger partial charge in [-0.1, -0.05) is 23.2 Å². The molecule has 0 bridgehead atoms. The largest absolute Gasteiger partial charge is 0.370 e. The fraction of sp³-hybridized carbons (Fsp3) is 0.409. The molecule has 4 rings (SSSR count). The average Bonchev–Trinajstić information content (AvgIpc) is 3.26. The van der Waals surface area contributed by atoms with Gasteiger partial charge in [0.25, 0.3) is 5.91 Å². The summed E-state index contributed by atoms with van der Waals surface area (Å²) in [5.74, 6) is 0.0494. The SMILES string of the molecule is O=C(Nc1ccc(N2CCCCC2)cn1)C1CCCN1C(=O)c1ccc(Cl)c(Cl)c1. The van der Waals surface area contributed by atoms with Crippen LogP contribution in [0.1, 0.15) is 42.5 Å². The number of rotatable bonds is 4. The van der Waals surface area contributed by atoms with Crippen LogP contribution in [0, 0.1) is 0 Å². The number of carbonyl (C=O) groups excluding carboxylic acids is 2. The van der Waals surface area contributed by atoms with E-state index >= 15 is 0 Å². The Balaban J connectivity index is 1.42. The Labute approximate surface area is 186 Å². The van der Waals surface area contributed by atoms with Crippen molar-refractivity contribution >= 4 is 46.5 Å². The van der Waals surface area contributed by atoms with E-state index in [2.05, 4.69) is 15.2 Å². The predicted molar refractivity (Wildman–Crippen MR) is 119 cm³/mol. The molecule has 2 fully saturated rings. The highest BCUT2D eigenvalue weighted by atomic mass is 35.5. The number of nitrogens with one attached hydrogen (secondary N) is 1. The highest BCUT2D eigenvalue weighted by Gasteiger charge is 2.34. The number of hydrogen-bond donors (Lipinski definition) is 1. The van der Waals surface area contributed by atoms with Gasteiger partial charge in [0.05, 0.1) is 21.9 Å². The Hall–Kier alpha value is -2.31. The van der Waals surface area contributed by atoms with Crippen molar-refractivity contribution in [3.05, 3.63) is 52.1 Å². The number of amides is 2. The van der Waals surface area contributed by atoms with E-state index < -0.39 is 6.04 Å². The number of hydrogen-bond acceptors (Lipinski definition) is 4. The smallest absolute Gasteiger partial charge is 0.254 e. The zero-order valence-corrected chi connectivity index (χ0v) is 18.1. The van der Waals surface area contributed by atoms with E-state index in [1.165, 1.54) is 19.3 Å². The van der Waals surface area contributed by atoms with Gasteiger partial charge in [0.2, 0.25) is 5.91 Å². The molecule has 1 unspecified atom stereocenters. The summed E-state index contributed by atoms with van der Waals surface area (Å²) in [6.07, 6.45) is 6.86. The lowest BCUT2D eigenvalue weighted by molar-refractivity contribution is -0.119. The first-order chi connectivity index (χ1) is 14.5. The van der Waals surface area contributed by atoms with Crippen molar-refractivity contribution in [3.8, 4) is 0 Å². The van der Waals surface area contributed by atoms with E-state index in [4.69, 9.17) is 23.2 Å². The van der Waals surface area contributed by atoms with Crippen LogP contribution in [0.3, 0.4) is 0 Å². The average molecular weight is 447 g/mol. The van der Waals surface area contributed by atoms with Crippen molar-refractivity contribution in [1.82, 2.24) is 9.88 Å². The molecule has 1 aromatic carbocycles. The van der Waals surface area contributed by atoms with Crippen molar-refractivity contribution in [2.45, 2.75) is 38.1 Å². The van der Waals surface area contributed by atoms with Crippen LogP contribution in [-0.4, -0.2) is 47.4 Å². The first-order valence-electron chi connectivity index (χ1n) is 10.3. The molecule has 8 heteroatoms. The van der Waals surface area contributed by atoms with Gasteiger partial charge in [-0.3, -0.25) is 9.59 Å². The lowest BCUT2D eigenvalue weighted by atomic mass is 10.1. The monoisotopic (exact) mass is 446 g/mol. The van der Waals surface area contributed by atoms with Crippen molar-refractivity contribution in [1.29, 1.82) is 0 Å². The van der Waals surface area contributed by atoms with E-state index in [1.807, 2.05) is 12.1 Å². The van der Waals surface area contributed by atoms with Gasteiger partial charge in [0.15, 0.2) is 0 Å². The summed E-state index contributed by atoms with van der Waals surface area (Å²) >= 11 is 12.0. The van der Waals surface area contributed by atoms with Crippen LogP contribution >= 0.6 is 23.2 Å². The molecule has 2 amide bonds. The normalized spacial score (nSPS) is 19.1. The van der Waals surface area contributed by atoms with Crippen LogP contribution in [0.2, 0.25) is 10.0 Å². The number of likely N-dealkylation sites (tertiary alicyclic amines) is 1. The van der Waals surface area contributed by atoms with Gasteiger partial charge < -0.3 is 15.1 Å². The minimum absolute atomic E-state index is 0.223. The number of benzene rings is 1. The molecule has 0 saturated carbocycles. The third-order valence-corrected chi connectivity index (χ3v) is 6.44. The van der Waals surface area contributed by atoms with Crippen LogP contribution in [-0.2, 0) is 4.79 Å². The number of nitrogens with zero attached hydrogens (tertiary/aromatic N) is 3. The van der Waals surface area contributed by atoms with Gasteiger partial charge in [-0.15, -0.1) is 0 Å².